The lowest BCUT2D eigenvalue weighted by Crippen LogP contribution is -2.33. The molecular formula is C64H44N2. The van der Waals surface area contributed by atoms with Gasteiger partial charge in [-0.3, -0.25) is 0 Å². The summed E-state index contributed by atoms with van der Waals surface area (Å²) in [5, 5.41) is 2.54. The highest BCUT2D eigenvalue weighted by molar-refractivity contribution is 6.14. The number of rotatable bonds is 5. The van der Waals surface area contributed by atoms with Gasteiger partial charge in [0.05, 0.1) is 39.2 Å². The second-order valence-corrected chi connectivity index (χ2v) is 18.7. The Morgan fingerprint density at radius 3 is 1.55 bits per heavy atom. The maximum Gasteiger partial charge on any atom is 0.0754 e. The first-order valence-electron chi connectivity index (χ1n) is 23.2. The van der Waals surface area contributed by atoms with E-state index in [4.69, 9.17) is 0 Å². The van der Waals surface area contributed by atoms with E-state index in [9.17, 15) is 0 Å². The molecule has 310 valence electrons. The third kappa shape index (κ3) is 4.75. The molecule has 0 atom stereocenters. The van der Waals surface area contributed by atoms with Gasteiger partial charge in [-0.1, -0.05) is 220 Å². The van der Waals surface area contributed by atoms with Gasteiger partial charge in [-0.25, -0.2) is 0 Å². The quantitative estimate of drug-likeness (QED) is 0.168. The maximum atomic E-state index is 2.61. The summed E-state index contributed by atoms with van der Waals surface area (Å²) >= 11 is 0. The Morgan fingerprint density at radius 1 is 0.333 bits per heavy atom. The molecule has 0 amide bonds. The number of hydrogen-bond acceptors (Lipinski definition) is 1. The normalized spacial score (nSPS) is 14.2. The fourth-order valence-electron chi connectivity index (χ4n) is 12.6. The van der Waals surface area contributed by atoms with Crippen LogP contribution in [0.3, 0.4) is 0 Å². The standard InChI is InChI=1S/C64H44N2/c1-63(2)51-32-12-6-26-45(51)48-29-20-40-59(60(48)63)65(56-37-15-9-23-42(56)41-21-4-3-5-22-41)57-38-16-10-27-46(57)49-30-18-35-54-61(49)66-58-39-17-11-28-47(58)50-31-19-36-55(62(50)66)64(54)52-33-13-7-24-43(52)44-25-8-14-34-53(44)64/h3-40H,1-2H3. The zero-order valence-corrected chi connectivity index (χ0v) is 36.8. The first kappa shape index (κ1) is 37.2. The van der Waals surface area contributed by atoms with Crippen molar-refractivity contribution in [3.63, 3.8) is 0 Å². The molecule has 0 unspecified atom stereocenters. The predicted octanol–water partition coefficient (Wildman–Crippen LogP) is 16.6. The van der Waals surface area contributed by atoms with Gasteiger partial charge in [-0.05, 0) is 85.5 Å². The fraction of sp³-hybridized carbons (Fsp3) is 0.0625. The number of anilines is 3. The molecule has 2 nitrogen and oxygen atoms in total. The molecule has 0 saturated heterocycles. The molecule has 0 bridgehead atoms. The van der Waals surface area contributed by atoms with E-state index >= 15 is 0 Å². The number of benzene rings is 10. The number of aromatic nitrogens is 1. The largest absolute Gasteiger partial charge is 0.309 e. The van der Waals surface area contributed by atoms with E-state index < -0.39 is 5.41 Å². The Bertz CT molecular complexity index is 3760. The average molecular weight is 841 g/mol. The van der Waals surface area contributed by atoms with Crippen LogP contribution in [0.25, 0.3) is 72.0 Å². The number of hydrogen-bond donors (Lipinski definition) is 0. The SMILES string of the molecule is CC1(C)c2ccccc2-c2cccc(N(c3ccccc3-c3ccccc3)c3ccccc3-c3cccc4c3-n3c5ccccc5c5cccc(c53)C43c4ccccc4-c4ccccc43)c21. The lowest BCUT2D eigenvalue weighted by atomic mass is 9.65. The van der Waals surface area contributed by atoms with Crippen molar-refractivity contribution in [2.45, 2.75) is 24.7 Å². The molecule has 11 aromatic rings. The first-order chi connectivity index (χ1) is 32.6. The molecular weight excluding hydrogens is 797 g/mol. The van der Waals surface area contributed by atoms with E-state index in [1.807, 2.05) is 0 Å². The summed E-state index contributed by atoms with van der Waals surface area (Å²) in [5.74, 6) is 0. The van der Waals surface area contributed by atoms with Crippen LogP contribution >= 0.6 is 0 Å². The molecule has 1 spiro atoms. The minimum atomic E-state index is -0.549. The summed E-state index contributed by atoms with van der Waals surface area (Å²) < 4.78 is 2.61. The van der Waals surface area contributed by atoms with E-state index in [-0.39, 0.29) is 5.41 Å². The van der Waals surface area contributed by atoms with E-state index in [1.165, 1.54) is 111 Å². The van der Waals surface area contributed by atoms with Crippen molar-refractivity contribution in [1.82, 2.24) is 4.57 Å². The Morgan fingerprint density at radius 2 is 0.803 bits per heavy atom. The molecule has 2 heterocycles. The summed E-state index contributed by atoms with van der Waals surface area (Å²) in [5.41, 5.74) is 24.3. The highest BCUT2D eigenvalue weighted by Gasteiger charge is 2.51. The van der Waals surface area contributed by atoms with Crippen LogP contribution in [-0.2, 0) is 10.8 Å². The molecule has 3 aliphatic rings. The molecule has 14 rings (SSSR count). The van der Waals surface area contributed by atoms with Gasteiger partial charge in [0.1, 0.15) is 0 Å². The van der Waals surface area contributed by atoms with Crippen molar-refractivity contribution in [3.05, 3.63) is 264 Å². The van der Waals surface area contributed by atoms with Gasteiger partial charge in [0.15, 0.2) is 0 Å². The van der Waals surface area contributed by atoms with Crippen LogP contribution in [0.4, 0.5) is 17.1 Å². The summed E-state index contributed by atoms with van der Waals surface area (Å²) in [7, 11) is 0. The molecule has 0 N–H and O–H groups in total. The molecule has 66 heavy (non-hydrogen) atoms. The molecule has 1 aromatic heterocycles. The zero-order chi connectivity index (χ0) is 43.7. The topological polar surface area (TPSA) is 8.17 Å². The molecule has 2 aliphatic carbocycles. The van der Waals surface area contributed by atoms with Crippen molar-refractivity contribution in [2.75, 3.05) is 4.90 Å². The second kappa shape index (κ2) is 13.7. The van der Waals surface area contributed by atoms with Crippen LogP contribution < -0.4 is 4.90 Å². The van der Waals surface area contributed by atoms with Gasteiger partial charge >= 0.3 is 0 Å². The van der Waals surface area contributed by atoms with Crippen LogP contribution in [0.2, 0.25) is 0 Å². The molecule has 0 radical (unpaired) electrons. The highest BCUT2D eigenvalue weighted by atomic mass is 15.2. The van der Waals surface area contributed by atoms with E-state index in [0.29, 0.717) is 0 Å². The third-order valence-corrected chi connectivity index (χ3v) is 15.2. The zero-order valence-electron chi connectivity index (χ0n) is 36.8. The Labute approximate surface area is 385 Å². The molecule has 2 heteroatoms. The molecule has 1 aliphatic heterocycles. The summed E-state index contributed by atoms with van der Waals surface area (Å²) in [6.07, 6.45) is 0. The number of para-hydroxylation sites is 5. The monoisotopic (exact) mass is 840 g/mol. The van der Waals surface area contributed by atoms with Crippen molar-refractivity contribution < 1.29 is 0 Å². The van der Waals surface area contributed by atoms with Crippen LogP contribution in [0, 0.1) is 0 Å². The Balaban J connectivity index is 1.12. The van der Waals surface area contributed by atoms with Crippen molar-refractivity contribution >= 4 is 38.9 Å². The predicted molar refractivity (Wildman–Crippen MR) is 275 cm³/mol. The van der Waals surface area contributed by atoms with Gasteiger partial charge in [0.25, 0.3) is 0 Å². The van der Waals surface area contributed by atoms with E-state index in [1.54, 1.807) is 0 Å². The molecule has 10 aromatic carbocycles. The van der Waals surface area contributed by atoms with Crippen LogP contribution in [0.5, 0.6) is 0 Å². The fourth-order valence-corrected chi connectivity index (χ4v) is 12.6. The van der Waals surface area contributed by atoms with Crippen LogP contribution in [0.15, 0.2) is 231 Å². The molecule has 0 fully saturated rings. The third-order valence-electron chi connectivity index (χ3n) is 15.2. The van der Waals surface area contributed by atoms with Crippen molar-refractivity contribution in [1.29, 1.82) is 0 Å². The van der Waals surface area contributed by atoms with Crippen molar-refractivity contribution in [2.24, 2.45) is 0 Å². The summed E-state index contributed by atoms with van der Waals surface area (Å²) in [6, 6.07) is 86.4. The highest BCUT2D eigenvalue weighted by Crippen LogP contribution is 2.63. The first-order valence-corrected chi connectivity index (χ1v) is 23.2. The Hall–Kier alpha value is -8.20. The summed E-state index contributed by atoms with van der Waals surface area (Å²) in [6.45, 7) is 4.80. The van der Waals surface area contributed by atoms with Gasteiger partial charge in [0, 0.05) is 32.9 Å². The number of fused-ring (bicyclic) bond motifs is 15. The average Bonchev–Trinajstić information content (AvgIpc) is 3.96. The lowest BCUT2D eigenvalue weighted by Gasteiger charge is -2.40. The second-order valence-electron chi connectivity index (χ2n) is 18.7. The van der Waals surface area contributed by atoms with Gasteiger partial charge in [0.2, 0.25) is 0 Å². The van der Waals surface area contributed by atoms with E-state index in [2.05, 4.69) is 254 Å². The Kier molecular flexibility index (Phi) is 7.70. The molecule has 0 saturated carbocycles. The maximum absolute atomic E-state index is 2.61. The minimum Gasteiger partial charge on any atom is -0.309 e. The lowest BCUT2D eigenvalue weighted by molar-refractivity contribution is 0.661. The van der Waals surface area contributed by atoms with E-state index in [0.717, 1.165) is 11.4 Å². The van der Waals surface area contributed by atoms with Gasteiger partial charge in [-0.2, -0.15) is 0 Å². The van der Waals surface area contributed by atoms with Gasteiger partial charge in [-0.15, -0.1) is 0 Å². The van der Waals surface area contributed by atoms with Crippen LogP contribution in [-0.4, -0.2) is 4.57 Å². The van der Waals surface area contributed by atoms with Crippen LogP contribution in [0.1, 0.15) is 47.2 Å². The van der Waals surface area contributed by atoms with Gasteiger partial charge < -0.3 is 9.47 Å². The van der Waals surface area contributed by atoms with Crippen molar-refractivity contribution in [3.8, 4) is 50.2 Å². The minimum absolute atomic E-state index is 0.252. The summed E-state index contributed by atoms with van der Waals surface area (Å²) in [4.78, 5) is 2.58. The number of nitrogens with zero attached hydrogens (tertiary/aromatic N) is 2. The smallest absolute Gasteiger partial charge is 0.0754 e.